The Balaban J connectivity index is 2.34. The predicted molar refractivity (Wildman–Crippen MR) is 78.1 cm³/mol. The van der Waals surface area contributed by atoms with Gasteiger partial charge in [-0.15, -0.1) is 0 Å². The molecule has 0 saturated heterocycles. The molecule has 1 aromatic carbocycles. The maximum Gasteiger partial charge on any atom is 0.303 e. The molecule has 0 fully saturated rings. The van der Waals surface area contributed by atoms with Gasteiger partial charge in [0.2, 0.25) is 0 Å². The van der Waals surface area contributed by atoms with Crippen LogP contribution in [0.15, 0.2) is 41.7 Å². The molecule has 0 bridgehead atoms. The molecular weight excluding hydrogens is 286 g/mol. The standard InChI is InChI=1S/C16H17NO5/c1-10(18)13-14(11-6-3-2-4-7-11)17(16(22)15(13)21)9-5-8-12(19)20/h2-4,6-7,14,21H,5,8-9H2,1H3,(H,19,20). The molecule has 0 spiro atoms. The number of carbonyl (C=O) groups is 3. The Kier molecular flexibility index (Phi) is 4.60. The summed E-state index contributed by atoms with van der Waals surface area (Å²) in [5.41, 5.74) is 0.770. The third kappa shape index (κ3) is 3.00. The smallest absolute Gasteiger partial charge is 0.303 e. The summed E-state index contributed by atoms with van der Waals surface area (Å²) < 4.78 is 0. The second-order valence-electron chi connectivity index (χ2n) is 5.13. The van der Waals surface area contributed by atoms with Crippen LogP contribution in [0.2, 0.25) is 0 Å². The van der Waals surface area contributed by atoms with Crippen molar-refractivity contribution in [3.63, 3.8) is 0 Å². The molecule has 0 aliphatic carbocycles. The van der Waals surface area contributed by atoms with Crippen LogP contribution < -0.4 is 0 Å². The molecule has 0 saturated carbocycles. The Morgan fingerprint density at radius 2 is 1.86 bits per heavy atom. The summed E-state index contributed by atoms with van der Waals surface area (Å²) in [6.07, 6.45) is 0.171. The molecule has 0 radical (unpaired) electrons. The number of hydrogen-bond acceptors (Lipinski definition) is 4. The molecule has 1 aliphatic heterocycles. The van der Waals surface area contributed by atoms with E-state index in [-0.39, 0.29) is 30.7 Å². The first-order chi connectivity index (χ1) is 10.4. The van der Waals surface area contributed by atoms with Crippen LogP contribution in [0.4, 0.5) is 0 Å². The topological polar surface area (TPSA) is 94.9 Å². The second-order valence-corrected chi connectivity index (χ2v) is 5.13. The number of amides is 1. The summed E-state index contributed by atoms with van der Waals surface area (Å²) in [5.74, 6) is -2.51. The zero-order chi connectivity index (χ0) is 16.3. The summed E-state index contributed by atoms with van der Waals surface area (Å²) in [4.78, 5) is 36.0. The Hall–Kier alpha value is -2.63. The summed E-state index contributed by atoms with van der Waals surface area (Å²) in [5, 5.41) is 18.7. The normalized spacial score (nSPS) is 18.0. The number of carboxylic acids is 1. The fraction of sp³-hybridized carbons (Fsp3) is 0.312. The number of Topliss-reactive ketones (excluding diaryl/α,β-unsaturated/α-hetero) is 1. The van der Waals surface area contributed by atoms with E-state index in [9.17, 15) is 19.5 Å². The van der Waals surface area contributed by atoms with Crippen molar-refractivity contribution >= 4 is 17.7 Å². The molecule has 2 N–H and O–H groups in total. The highest BCUT2D eigenvalue weighted by Gasteiger charge is 2.41. The Labute approximate surface area is 127 Å². The van der Waals surface area contributed by atoms with Gasteiger partial charge < -0.3 is 15.1 Å². The number of carbonyl (C=O) groups excluding carboxylic acids is 2. The minimum Gasteiger partial charge on any atom is -0.503 e. The average molecular weight is 303 g/mol. The van der Waals surface area contributed by atoms with Crippen LogP contribution in [0.1, 0.15) is 31.4 Å². The molecule has 1 amide bonds. The molecule has 1 heterocycles. The van der Waals surface area contributed by atoms with Crippen molar-refractivity contribution in [3.05, 3.63) is 47.2 Å². The van der Waals surface area contributed by atoms with Crippen LogP contribution in [0.3, 0.4) is 0 Å². The van der Waals surface area contributed by atoms with Gasteiger partial charge in [-0.05, 0) is 18.9 Å². The molecule has 1 aromatic rings. The van der Waals surface area contributed by atoms with E-state index >= 15 is 0 Å². The molecule has 1 aliphatic rings. The maximum atomic E-state index is 12.2. The predicted octanol–water partition coefficient (Wildman–Crippen LogP) is 1.84. The van der Waals surface area contributed by atoms with Gasteiger partial charge in [0, 0.05) is 13.0 Å². The lowest BCUT2D eigenvalue weighted by molar-refractivity contribution is -0.138. The first-order valence-electron chi connectivity index (χ1n) is 6.95. The first-order valence-corrected chi connectivity index (χ1v) is 6.95. The highest BCUT2D eigenvalue weighted by Crippen LogP contribution is 2.37. The van der Waals surface area contributed by atoms with Crippen molar-refractivity contribution in [2.45, 2.75) is 25.8 Å². The van der Waals surface area contributed by atoms with E-state index < -0.39 is 23.7 Å². The van der Waals surface area contributed by atoms with Crippen LogP contribution in [-0.2, 0) is 14.4 Å². The van der Waals surface area contributed by atoms with E-state index in [4.69, 9.17) is 5.11 Å². The fourth-order valence-electron chi connectivity index (χ4n) is 2.63. The van der Waals surface area contributed by atoms with Crippen molar-refractivity contribution in [2.75, 3.05) is 6.54 Å². The van der Waals surface area contributed by atoms with Crippen molar-refractivity contribution in [2.24, 2.45) is 0 Å². The summed E-state index contributed by atoms with van der Waals surface area (Å²) in [6, 6.07) is 8.24. The summed E-state index contributed by atoms with van der Waals surface area (Å²) in [6.45, 7) is 1.46. The molecule has 1 unspecified atom stereocenters. The number of rotatable bonds is 6. The number of aliphatic carboxylic acids is 1. The lowest BCUT2D eigenvalue weighted by Gasteiger charge is -2.26. The summed E-state index contributed by atoms with van der Waals surface area (Å²) >= 11 is 0. The number of nitrogens with zero attached hydrogens (tertiary/aromatic N) is 1. The van der Waals surface area contributed by atoms with Gasteiger partial charge >= 0.3 is 5.97 Å². The minimum absolute atomic E-state index is 0.0616. The molecule has 116 valence electrons. The van der Waals surface area contributed by atoms with E-state index in [0.717, 1.165) is 0 Å². The maximum absolute atomic E-state index is 12.2. The molecular formula is C16H17NO5. The van der Waals surface area contributed by atoms with Crippen molar-refractivity contribution in [3.8, 4) is 0 Å². The number of ketones is 1. The quantitative estimate of drug-likeness (QED) is 0.836. The van der Waals surface area contributed by atoms with Crippen molar-refractivity contribution in [1.29, 1.82) is 0 Å². The van der Waals surface area contributed by atoms with Gasteiger partial charge in [-0.3, -0.25) is 14.4 Å². The minimum atomic E-state index is -0.952. The monoisotopic (exact) mass is 303 g/mol. The van der Waals surface area contributed by atoms with Gasteiger partial charge in [0.15, 0.2) is 11.5 Å². The van der Waals surface area contributed by atoms with Crippen LogP contribution in [0.25, 0.3) is 0 Å². The highest BCUT2D eigenvalue weighted by atomic mass is 16.4. The van der Waals surface area contributed by atoms with Crippen LogP contribution >= 0.6 is 0 Å². The largest absolute Gasteiger partial charge is 0.503 e. The summed E-state index contributed by atoms with van der Waals surface area (Å²) in [7, 11) is 0. The fourth-order valence-corrected chi connectivity index (χ4v) is 2.63. The van der Waals surface area contributed by atoms with Gasteiger partial charge in [0.1, 0.15) is 0 Å². The van der Waals surface area contributed by atoms with Gasteiger partial charge in [0.05, 0.1) is 11.6 Å². The van der Waals surface area contributed by atoms with Gasteiger partial charge in [-0.25, -0.2) is 0 Å². The highest BCUT2D eigenvalue weighted by molar-refractivity contribution is 6.08. The van der Waals surface area contributed by atoms with E-state index in [1.807, 2.05) is 6.07 Å². The van der Waals surface area contributed by atoms with Gasteiger partial charge in [-0.1, -0.05) is 30.3 Å². The lowest BCUT2D eigenvalue weighted by Crippen LogP contribution is -2.32. The second kappa shape index (κ2) is 6.43. The zero-order valence-corrected chi connectivity index (χ0v) is 12.2. The molecule has 2 rings (SSSR count). The lowest BCUT2D eigenvalue weighted by atomic mass is 9.97. The van der Waals surface area contributed by atoms with E-state index in [2.05, 4.69) is 0 Å². The SMILES string of the molecule is CC(=O)C1=C(O)C(=O)N(CCCC(=O)O)C1c1ccccc1. The van der Waals surface area contributed by atoms with Crippen molar-refractivity contribution < 1.29 is 24.6 Å². The van der Waals surface area contributed by atoms with E-state index in [0.29, 0.717) is 5.56 Å². The third-order valence-corrected chi connectivity index (χ3v) is 3.59. The molecule has 0 aromatic heterocycles. The Morgan fingerprint density at radius 1 is 1.23 bits per heavy atom. The van der Waals surface area contributed by atoms with Crippen LogP contribution in [0, 0.1) is 0 Å². The van der Waals surface area contributed by atoms with Crippen LogP contribution in [0.5, 0.6) is 0 Å². The number of carboxylic acid groups (broad SMARTS) is 1. The van der Waals surface area contributed by atoms with Crippen LogP contribution in [-0.4, -0.2) is 39.3 Å². The Bertz CT molecular complexity index is 635. The molecule has 22 heavy (non-hydrogen) atoms. The number of aliphatic hydroxyl groups is 1. The molecule has 6 heteroatoms. The first kappa shape index (κ1) is 15.8. The van der Waals surface area contributed by atoms with Gasteiger partial charge in [0.25, 0.3) is 5.91 Å². The molecule has 1 atom stereocenters. The number of hydrogen-bond donors (Lipinski definition) is 2. The molecule has 6 nitrogen and oxygen atoms in total. The van der Waals surface area contributed by atoms with E-state index in [1.165, 1.54) is 11.8 Å². The zero-order valence-electron chi connectivity index (χ0n) is 12.2. The van der Waals surface area contributed by atoms with Gasteiger partial charge in [-0.2, -0.15) is 0 Å². The third-order valence-electron chi connectivity index (χ3n) is 3.59. The van der Waals surface area contributed by atoms with E-state index in [1.54, 1.807) is 24.3 Å². The van der Waals surface area contributed by atoms with Crippen molar-refractivity contribution in [1.82, 2.24) is 4.90 Å². The number of benzene rings is 1. The Morgan fingerprint density at radius 3 is 2.41 bits per heavy atom. The average Bonchev–Trinajstić information content (AvgIpc) is 2.72. The number of aliphatic hydroxyl groups excluding tert-OH is 1.